The Balaban J connectivity index is 0.00000134. The van der Waals surface area contributed by atoms with Crippen LogP contribution in [0.2, 0.25) is 15.1 Å². The monoisotopic (exact) mass is 618 g/mol. The predicted molar refractivity (Wildman–Crippen MR) is 148 cm³/mol. The summed E-state index contributed by atoms with van der Waals surface area (Å²) in [5, 5.41) is 8.16. The lowest BCUT2D eigenvalue weighted by atomic mass is 9.79. The van der Waals surface area contributed by atoms with Gasteiger partial charge in [0.1, 0.15) is 34.7 Å². The molecule has 1 fully saturated rings. The fourth-order valence-electron chi connectivity index (χ4n) is 4.42. The molecule has 0 saturated heterocycles. The normalized spacial score (nSPS) is 19.1. The molecule has 0 bridgehead atoms. The quantitative estimate of drug-likeness (QED) is 0.322. The van der Waals surface area contributed by atoms with Crippen LogP contribution in [0.15, 0.2) is 53.8 Å². The number of anilines is 1. The highest BCUT2D eigenvalue weighted by atomic mass is 35.5. The first kappa shape index (κ1) is 30.8. The van der Waals surface area contributed by atoms with Crippen molar-refractivity contribution in [2.45, 2.75) is 42.2 Å². The second-order valence-corrected chi connectivity index (χ2v) is 11.8. The van der Waals surface area contributed by atoms with Crippen LogP contribution in [0.3, 0.4) is 0 Å². The molecule has 1 aliphatic carbocycles. The third-order valence-electron chi connectivity index (χ3n) is 6.19. The van der Waals surface area contributed by atoms with E-state index in [9.17, 15) is 12.8 Å². The minimum Gasteiger partial charge on any atom is -0.487 e. The number of halogens is 4. The van der Waals surface area contributed by atoms with Gasteiger partial charge in [-0.15, -0.1) is 0 Å². The maximum absolute atomic E-state index is 15.0. The largest absolute Gasteiger partial charge is 0.487 e. The summed E-state index contributed by atoms with van der Waals surface area (Å²) in [6.07, 6.45) is 4.42. The van der Waals surface area contributed by atoms with E-state index in [0.717, 1.165) is 30.5 Å². The van der Waals surface area contributed by atoms with Crippen molar-refractivity contribution in [2.24, 2.45) is 0 Å². The number of hydrogen-bond donors (Lipinski definition) is 2. The molecule has 2 N–H and O–H groups in total. The summed E-state index contributed by atoms with van der Waals surface area (Å²) >= 11 is 19.0. The fourth-order valence-corrected chi connectivity index (χ4v) is 6.24. The average Bonchev–Trinajstić information content (AvgIpc) is 2.88. The molecule has 0 unspecified atom stereocenters. The summed E-state index contributed by atoms with van der Waals surface area (Å²) in [6, 6.07) is 8.81. The molecular weight excluding hydrogens is 594 g/mol. The van der Waals surface area contributed by atoms with Gasteiger partial charge >= 0.3 is 0 Å². The van der Waals surface area contributed by atoms with E-state index in [2.05, 4.69) is 14.7 Å². The van der Waals surface area contributed by atoms with Crippen LogP contribution in [0.5, 0.6) is 5.75 Å². The van der Waals surface area contributed by atoms with Crippen LogP contribution in [0.1, 0.15) is 30.7 Å². The van der Waals surface area contributed by atoms with Gasteiger partial charge in [-0.1, -0.05) is 34.8 Å². The van der Waals surface area contributed by atoms with Crippen molar-refractivity contribution in [3.05, 3.63) is 75.4 Å². The number of carbonyl (C=O) groups is 1. The van der Waals surface area contributed by atoms with Gasteiger partial charge in [0.2, 0.25) is 0 Å². The Kier molecular flexibility index (Phi) is 10.7. The number of hydrogen-bond acceptors (Lipinski definition) is 7. The Hall–Kier alpha value is -2.70. The topological polar surface area (TPSA) is 122 Å². The van der Waals surface area contributed by atoms with Gasteiger partial charge in [-0.3, -0.25) is 9.52 Å². The lowest BCUT2D eigenvalue weighted by Crippen LogP contribution is -2.46. The van der Waals surface area contributed by atoms with Crippen molar-refractivity contribution in [1.82, 2.24) is 14.9 Å². The SMILES string of the molecule is CN(C)[C@H]1C[C@@H](c2cc(Cl)ccc2Cl)CC[C@@H]1Oc1cc(F)c(S(=O)(=O)Nc2ccncn2)cc1Cl.O=CO. The summed E-state index contributed by atoms with van der Waals surface area (Å²) in [7, 11) is -0.385. The standard InChI is InChI=1S/C24H24Cl3FN4O3S.CH2O2/c1-32(2)20-9-14(16-10-15(25)4-5-17(16)26)3-6-21(20)35-22-12-19(28)23(11-18(22)27)36(33,34)31-24-7-8-29-13-30-24;2-1-3/h4-5,7-8,10-14,20-21H,3,6,9H2,1-2H3,(H,29,30,31);1H,(H,2,3)/t14-,20-,21-;/m0./s1. The van der Waals surface area contributed by atoms with Crippen molar-refractivity contribution in [1.29, 1.82) is 0 Å². The number of rotatable bonds is 7. The highest BCUT2D eigenvalue weighted by Crippen LogP contribution is 2.41. The van der Waals surface area contributed by atoms with Crippen LogP contribution < -0.4 is 9.46 Å². The highest BCUT2D eigenvalue weighted by Gasteiger charge is 2.35. The van der Waals surface area contributed by atoms with Crippen molar-refractivity contribution in [2.75, 3.05) is 18.8 Å². The predicted octanol–water partition coefficient (Wildman–Crippen LogP) is 5.72. The number of ether oxygens (including phenoxy) is 1. The second-order valence-electron chi connectivity index (χ2n) is 8.88. The van der Waals surface area contributed by atoms with Crippen molar-refractivity contribution in [3.8, 4) is 5.75 Å². The Labute approximate surface area is 240 Å². The lowest BCUT2D eigenvalue weighted by Gasteiger charge is -2.40. The molecule has 4 rings (SSSR count). The molecule has 1 saturated carbocycles. The zero-order valence-electron chi connectivity index (χ0n) is 20.9. The second kappa shape index (κ2) is 13.6. The first-order valence-corrected chi connectivity index (χ1v) is 14.2. The number of carboxylic acid groups (broad SMARTS) is 1. The van der Waals surface area contributed by atoms with Gasteiger partial charge in [-0.25, -0.2) is 22.8 Å². The number of aromatic nitrogens is 2. The van der Waals surface area contributed by atoms with Crippen LogP contribution >= 0.6 is 34.8 Å². The Morgan fingerprint density at radius 3 is 2.49 bits per heavy atom. The molecule has 0 amide bonds. The maximum Gasteiger partial charge on any atom is 0.290 e. The van der Waals surface area contributed by atoms with Gasteiger partial charge < -0.3 is 14.7 Å². The molecule has 3 aromatic rings. The molecular formula is C25H26Cl3FN4O5S. The summed E-state index contributed by atoms with van der Waals surface area (Å²) in [5.74, 6) is -0.731. The molecule has 210 valence electrons. The van der Waals surface area contributed by atoms with Crippen LogP contribution in [-0.4, -0.2) is 61.1 Å². The molecule has 9 nitrogen and oxygen atoms in total. The first-order valence-electron chi connectivity index (χ1n) is 11.6. The van der Waals surface area contributed by atoms with Crippen molar-refractivity contribution < 1.29 is 27.4 Å². The zero-order chi connectivity index (χ0) is 28.7. The van der Waals surface area contributed by atoms with E-state index in [0.29, 0.717) is 16.5 Å². The minimum absolute atomic E-state index is 0.00578. The third-order valence-corrected chi connectivity index (χ3v) is 8.44. The maximum atomic E-state index is 15.0. The van der Waals surface area contributed by atoms with E-state index in [-0.39, 0.29) is 41.1 Å². The molecule has 1 aliphatic rings. The van der Waals surface area contributed by atoms with Gasteiger partial charge in [0.25, 0.3) is 16.5 Å². The van der Waals surface area contributed by atoms with Gasteiger partial charge in [0.05, 0.1) is 5.02 Å². The molecule has 39 heavy (non-hydrogen) atoms. The molecule has 0 aliphatic heterocycles. The number of nitrogens with zero attached hydrogens (tertiary/aromatic N) is 3. The Morgan fingerprint density at radius 2 is 1.85 bits per heavy atom. The van der Waals surface area contributed by atoms with Crippen molar-refractivity contribution in [3.63, 3.8) is 0 Å². The van der Waals surface area contributed by atoms with E-state index in [1.54, 1.807) is 12.1 Å². The smallest absolute Gasteiger partial charge is 0.290 e. The first-order chi connectivity index (χ1) is 18.5. The van der Waals surface area contributed by atoms with Gasteiger partial charge in [0.15, 0.2) is 0 Å². The van der Waals surface area contributed by atoms with Gasteiger partial charge in [-0.2, -0.15) is 0 Å². The molecule has 14 heteroatoms. The van der Waals surface area contributed by atoms with Gasteiger partial charge in [-0.05, 0) is 75.2 Å². The molecule has 0 radical (unpaired) electrons. The van der Waals surface area contributed by atoms with E-state index in [1.165, 1.54) is 18.6 Å². The third kappa shape index (κ3) is 7.92. The number of nitrogens with one attached hydrogen (secondary N) is 1. The van der Waals surface area contributed by atoms with Crippen LogP contribution in [0, 0.1) is 5.82 Å². The molecule has 1 aromatic heterocycles. The summed E-state index contributed by atoms with van der Waals surface area (Å²) in [6.45, 7) is -0.250. The van der Waals surface area contributed by atoms with Crippen molar-refractivity contribution >= 4 is 57.1 Å². The number of benzene rings is 2. The van der Waals surface area contributed by atoms with E-state index in [1.807, 2.05) is 25.1 Å². The Bertz CT molecular complexity index is 1400. The van der Waals surface area contributed by atoms with E-state index < -0.39 is 20.7 Å². The summed E-state index contributed by atoms with van der Waals surface area (Å²) < 4.78 is 48.7. The summed E-state index contributed by atoms with van der Waals surface area (Å²) in [5.41, 5.74) is 0.990. The number of likely N-dealkylation sites (N-methyl/N-ethyl adjacent to an activating group) is 1. The van der Waals surface area contributed by atoms with Crippen LogP contribution in [-0.2, 0) is 14.8 Å². The van der Waals surface area contributed by atoms with Crippen LogP contribution in [0.4, 0.5) is 10.2 Å². The summed E-state index contributed by atoms with van der Waals surface area (Å²) in [4.78, 5) is 17.3. The average molecular weight is 620 g/mol. The minimum atomic E-state index is -4.27. The van der Waals surface area contributed by atoms with Gasteiger partial charge in [0, 0.05) is 28.4 Å². The zero-order valence-corrected chi connectivity index (χ0v) is 24.0. The number of sulfonamides is 1. The van der Waals surface area contributed by atoms with E-state index in [4.69, 9.17) is 49.4 Å². The fraction of sp³-hybridized carbons (Fsp3) is 0.320. The molecule has 1 heterocycles. The highest BCUT2D eigenvalue weighted by molar-refractivity contribution is 7.92. The Morgan fingerprint density at radius 1 is 1.13 bits per heavy atom. The molecule has 2 aromatic carbocycles. The van der Waals surface area contributed by atoms with E-state index >= 15 is 0 Å². The molecule has 3 atom stereocenters. The molecule has 0 spiro atoms. The van der Waals surface area contributed by atoms with Crippen LogP contribution in [0.25, 0.3) is 0 Å². The lowest BCUT2D eigenvalue weighted by molar-refractivity contribution is -0.122.